The topological polar surface area (TPSA) is 302 Å². The van der Waals surface area contributed by atoms with Gasteiger partial charge in [0.2, 0.25) is 47.3 Å². The van der Waals surface area contributed by atoms with Crippen LogP contribution in [0.2, 0.25) is 0 Å². The van der Waals surface area contributed by atoms with E-state index in [0.717, 1.165) is 0 Å². The largest absolute Gasteiger partial charge is 0.370 e. The summed E-state index contributed by atoms with van der Waals surface area (Å²) in [5, 5.41) is 16.9. The zero-order valence-corrected chi connectivity index (χ0v) is 40.6. The smallest absolute Gasteiger partial charge is 0.245 e. The molecule has 2 aromatic carbocycles. The molecule has 68 heavy (non-hydrogen) atoms. The molecule has 1 fully saturated rings. The molecule has 8 amide bonds. The number of hydrogen-bond donors (Lipinski definition) is 9. The summed E-state index contributed by atoms with van der Waals surface area (Å²) in [4.78, 5) is 115. The Labute approximate surface area is 404 Å². The van der Waals surface area contributed by atoms with Crippen LogP contribution in [0, 0.1) is 5.92 Å². The summed E-state index contributed by atoms with van der Waals surface area (Å²) in [7, 11) is 0. The number of rotatable bonds is 19. The van der Waals surface area contributed by atoms with Crippen LogP contribution in [0.4, 0.5) is 0 Å². The highest BCUT2D eigenvalue weighted by molar-refractivity contribution is 7.98. The molecule has 1 saturated heterocycles. The van der Waals surface area contributed by atoms with Crippen LogP contribution in [-0.2, 0) is 51.2 Å². The minimum absolute atomic E-state index is 0.0173. The van der Waals surface area contributed by atoms with Gasteiger partial charge in [0.05, 0.1) is 6.54 Å². The Bertz CT molecular complexity index is 1970. The van der Waals surface area contributed by atoms with Crippen molar-refractivity contribution in [3.8, 4) is 0 Å². The highest BCUT2D eigenvalue weighted by Crippen LogP contribution is 2.13. The third-order valence-electron chi connectivity index (χ3n) is 11.2. The first-order chi connectivity index (χ1) is 32.6. The third-order valence-corrected chi connectivity index (χ3v) is 11.8. The lowest BCUT2D eigenvalue weighted by Gasteiger charge is -2.30. The predicted molar refractivity (Wildman–Crippen MR) is 263 cm³/mol. The zero-order valence-electron chi connectivity index (χ0n) is 39.8. The number of carbonyl (C=O) groups excluding carboxylic acids is 8. The monoisotopic (exact) mass is 964 g/mol. The quantitative estimate of drug-likeness (QED) is 0.0542. The Hall–Kier alpha value is -6.18. The molecule has 0 aliphatic carbocycles. The molecule has 5 atom stereocenters. The summed E-state index contributed by atoms with van der Waals surface area (Å²) in [6.45, 7) is 4.00. The van der Waals surface area contributed by atoms with E-state index in [9.17, 15) is 38.4 Å². The van der Waals surface area contributed by atoms with E-state index in [-0.39, 0.29) is 75.8 Å². The van der Waals surface area contributed by atoms with E-state index in [4.69, 9.17) is 17.2 Å². The van der Waals surface area contributed by atoms with Gasteiger partial charge >= 0.3 is 0 Å². The van der Waals surface area contributed by atoms with E-state index in [1.54, 1.807) is 36.4 Å². The molecule has 20 heteroatoms. The maximum atomic E-state index is 14.9. The molecule has 0 aromatic heterocycles. The number of nitrogens with zero attached hydrogens (tertiary/aromatic N) is 2. The second-order valence-electron chi connectivity index (χ2n) is 17.4. The first kappa shape index (κ1) is 56.1. The van der Waals surface area contributed by atoms with E-state index < -0.39 is 78.1 Å². The Morgan fingerprint density at radius 3 is 1.97 bits per heavy atom. The van der Waals surface area contributed by atoms with Crippen LogP contribution in [0.5, 0.6) is 0 Å². The number of guanidine groups is 1. The number of hydrogen-bond acceptors (Lipinski definition) is 10. The lowest BCUT2D eigenvalue weighted by molar-refractivity contribution is -0.140. The van der Waals surface area contributed by atoms with Crippen molar-refractivity contribution >= 4 is 65.0 Å². The maximum Gasteiger partial charge on any atom is 0.245 e. The van der Waals surface area contributed by atoms with Crippen LogP contribution in [0.15, 0.2) is 65.7 Å². The number of nitrogens with one attached hydrogen (secondary N) is 6. The fourth-order valence-electron chi connectivity index (χ4n) is 7.60. The van der Waals surface area contributed by atoms with Crippen molar-refractivity contribution < 1.29 is 38.4 Å². The van der Waals surface area contributed by atoms with Gasteiger partial charge in [-0.05, 0) is 74.0 Å². The molecule has 3 rings (SSSR count). The predicted octanol–water partition coefficient (Wildman–Crippen LogP) is 0.923. The Morgan fingerprint density at radius 2 is 1.35 bits per heavy atom. The van der Waals surface area contributed by atoms with Gasteiger partial charge in [-0.15, -0.1) is 0 Å². The molecule has 0 radical (unpaired) electrons. The number of amides is 8. The van der Waals surface area contributed by atoms with Crippen LogP contribution in [0.3, 0.4) is 0 Å². The maximum absolute atomic E-state index is 14.9. The molecular formula is C48H73N11O8S. The molecule has 0 unspecified atom stereocenters. The number of nitrogens with two attached hydrogens (primary N) is 3. The number of aliphatic imine (C=N–C) groups is 1. The van der Waals surface area contributed by atoms with Crippen LogP contribution < -0.4 is 49.1 Å². The zero-order chi connectivity index (χ0) is 49.8. The number of carbonyl (C=O) groups is 8. The van der Waals surface area contributed by atoms with Crippen LogP contribution in [0.25, 0.3) is 0 Å². The summed E-state index contributed by atoms with van der Waals surface area (Å²) in [6.07, 6.45) is 5.65. The van der Waals surface area contributed by atoms with Gasteiger partial charge in [-0.2, -0.15) is 11.8 Å². The fraction of sp³-hybridized carbons (Fsp3) is 0.562. The summed E-state index contributed by atoms with van der Waals surface area (Å²) < 4.78 is 0. The van der Waals surface area contributed by atoms with E-state index in [1.165, 1.54) is 16.7 Å². The lowest BCUT2D eigenvalue weighted by atomic mass is 10.0. The fourth-order valence-corrected chi connectivity index (χ4v) is 8.07. The molecule has 2 aromatic rings. The number of benzene rings is 2. The molecule has 12 N–H and O–H groups in total. The van der Waals surface area contributed by atoms with Crippen molar-refractivity contribution in [1.29, 1.82) is 0 Å². The summed E-state index contributed by atoms with van der Waals surface area (Å²) in [6, 6.07) is 12.5. The summed E-state index contributed by atoms with van der Waals surface area (Å²) >= 11 is 1.50. The number of thioether (sulfide) groups is 1. The Morgan fingerprint density at radius 1 is 0.750 bits per heavy atom. The average Bonchev–Trinajstić information content (AvgIpc) is 3.29. The molecule has 1 heterocycles. The first-order valence-corrected chi connectivity index (χ1v) is 24.9. The highest BCUT2D eigenvalue weighted by atomic mass is 32.2. The molecule has 1 aliphatic heterocycles. The van der Waals surface area contributed by atoms with Gasteiger partial charge in [0, 0.05) is 45.3 Å². The van der Waals surface area contributed by atoms with Crippen LogP contribution in [0.1, 0.15) is 95.6 Å². The summed E-state index contributed by atoms with van der Waals surface area (Å²) in [5.41, 5.74) is 18.0. The van der Waals surface area contributed by atoms with Gasteiger partial charge in [0.15, 0.2) is 5.96 Å². The minimum Gasteiger partial charge on any atom is -0.370 e. The molecule has 374 valence electrons. The molecule has 19 nitrogen and oxygen atoms in total. The summed E-state index contributed by atoms with van der Waals surface area (Å²) in [5.74, 6) is -4.10. The van der Waals surface area contributed by atoms with Gasteiger partial charge in [0.25, 0.3) is 0 Å². The molecule has 0 saturated carbocycles. The van der Waals surface area contributed by atoms with Crippen molar-refractivity contribution in [1.82, 2.24) is 36.8 Å². The van der Waals surface area contributed by atoms with Crippen molar-refractivity contribution in [3.63, 3.8) is 0 Å². The van der Waals surface area contributed by atoms with E-state index in [0.29, 0.717) is 61.9 Å². The van der Waals surface area contributed by atoms with E-state index >= 15 is 0 Å². The van der Waals surface area contributed by atoms with Crippen LogP contribution >= 0.6 is 11.8 Å². The lowest BCUT2D eigenvalue weighted by Crippen LogP contribution is -2.59. The van der Waals surface area contributed by atoms with Crippen molar-refractivity contribution in [2.75, 3.05) is 38.2 Å². The van der Waals surface area contributed by atoms with Gasteiger partial charge in [0.1, 0.15) is 30.2 Å². The number of primary amides is 1. The highest BCUT2D eigenvalue weighted by Gasteiger charge is 2.34. The van der Waals surface area contributed by atoms with Gasteiger partial charge < -0.3 is 54.0 Å². The van der Waals surface area contributed by atoms with E-state index in [2.05, 4.69) is 36.9 Å². The minimum atomic E-state index is -1.23. The standard InChI is InChI=1S/C48H73N11O8S/c1-32(2)28-37(45(65)56-35(43(49)63)23-27-68-3)55-42(62)31-59-26-13-5-4-12-24-52-40(60)21-14-22-41(61)54-36(20-15-25-53-48(50)51)44(64)57-38(29-33-16-8-6-9-17-33)46(66)58-39(47(59)67)30-34-18-10-7-11-19-34/h6-11,16-19,32,35-39H,4-5,12-15,20-31H2,1-3H3,(H2,49,63)(H,52,60)(H,54,61)(H,55,62)(H,56,65)(H,57,64)(H,58,66)(H4,50,51,53)/t35-,36-,37-,38+,39-/m0/s1. The van der Waals surface area contributed by atoms with E-state index in [1.807, 2.05) is 44.4 Å². The second-order valence-corrected chi connectivity index (χ2v) is 18.4. The van der Waals surface area contributed by atoms with Crippen LogP contribution in [-0.4, -0.2) is 127 Å². The SMILES string of the molecule is CSCC[C@H](NC(=O)[C@H](CC(C)C)NC(=O)CN1CCCCCCNC(=O)CCCC(=O)N[C@@H](CCCN=C(N)N)C(=O)N[C@H](Cc2ccccc2)C(=O)N[C@@H](Cc2ccccc2)C1=O)C(N)=O. The van der Waals surface area contributed by atoms with Gasteiger partial charge in [-0.25, -0.2) is 0 Å². The first-order valence-electron chi connectivity index (χ1n) is 23.5. The van der Waals surface area contributed by atoms with Crippen molar-refractivity contribution in [2.24, 2.45) is 28.1 Å². The average molecular weight is 964 g/mol. The second kappa shape index (κ2) is 31.0. The van der Waals surface area contributed by atoms with Crippen molar-refractivity contribution in [3.05, 3.63) is 71.8 Å². The molecular weight excluding hydrogens is 891 g/mol. The Kier molecular flexibility index (Phi) is 25.6. The third kappa shape index (κ3) is 22.1. The van der Waals surface area contributed by atoms with Gasteiger partial charge in [-0.1, -0.05) is 87.4 Å². The van der Waals surface area contributed by atoms with Crippen molar-refractivity contribution in [2.45, 2.75) is 128 Å². The molecule has 0 spiro atoms. The molecule has 1 aliphatic rings. The van der Waals surface area contributed by atoms with Gasteiger partial charge in [-0.3, -0.25) is 43.3 Å². The Balaban J connectivity index is 2.04. The molecule has 0 bridgehead atoms. The normalized spacial score (nSPS) is 19.4.